The average molecular weight is 286 g/mol. The fourth-order valence-corrected chi connectivity index (χ4v) is 2.54. The summed E-state index contributed by atoms with van der Waals surface area (Å²) in [6.45, 7) is 0.591. The monoisotopic (exact) mass is 286 g/mol. The van der Waals surface area contributed by atoms with Gasteiger partial charge in [-0.3, -0.25) is 0 Å². The Hall–Kier alpha value is -2.34. The lowest BCUT2D eigenvalue weighted by atomic mass is 10.2. The third-order valence-electron chi connectivity index (χ3n) is 2.93. The van der Waals surface area contributed by atoms with E-state index in [1.807, 2.05) is 41.8 Å². The number of aromatic nitrogens is 3. The SMILES string of the molecule is COc1ccc(Cn2nc(-c3cccs3)nc2N)cc1. The van der Waals surface area contributed by atoms with Crippen molar-refractivity contribution < 1.29 is 4.74 Å². The second-order valence-corrected chi connectivity index (χ2v) is 5.22. The largest absolute Gasteiger partial charge is 0.497 e. The highest BCUT2D eigenvalue weighted by Gasteiger charge is 2.10. The molecular formula is C14H14N4OS. The van der Waals surface area contributed by atoms with Gasteiger partial charge in [0, 0.05) is 0 Å². The summed E-state index contributed by atoms with van der Waals surface area (Å²) in [5.41, 5.74) is 7.02. The van der Waals surface area contributed by atoms with Crippen LogP contribution in [0.1, 0.15) is 5.56 Å². The van der Waals surface area contributed by atoms with Crippen molar-refractivity contribution in [1.29, 1.82) is 0 Å². The van der Waals surface area contributed by atoms with Crippen molar-refractivity contribution in [1.82, 2.24) is 14.8 Å². The smallest absolute Gasteiger partial charge is 0.219 e. The molecule has 0 atom stereocenters. The van der Waals surface area contributed by atoms with Crippen molar-refractivity contribution in [2.24, 2.45) is 0 Å². The lowest BCUT2D eigenvalue weighted by molar-refractivity contribution is 0.414. The first-order chi connectivity index (χ1) is 9.76. The van der Waals surface area contributed by atoms with E-state index in [1.54, 1.807) is 23.1 Å². The van der Waals surface area contributed by atoms with Gasteiger partial charge in [0.05, 0.1) is 18.5 Å². The number of anilines is 1. The zero-order chi connectivity index (χ0) is 13.9. The van der Waals surface area contributed by atoms with Gasteiger partial charge < -0.3 is 10.5 Å². The fraction of sp³-hybridized carbons (Fsp3) is 0.143. The van der Waals surface area contributed by atoms with Crippen LogP contribution in [0.4, 0.5) is 5.95 Å². The van der Waals surface area contributed by atoms with Crippen LogP contribution in [-0.2, 0) is 6.54 Å². The number of hydrogen-bond acceptors (Lipinski definition) is 5. The number of nitrogens with two attached hydrogens (primary N) is 1. The minimum Gasteiger partial charge on any atom is -0.497 e. The van der Waals surface area contributed by atoms with E-state index in [4.69, 9.17) is 10.5 Å². The van der Waals surface area contributed by atoms with Gasteiger partial charge in [-0.2, -0.15) is 4.98 Å². The number of nitrogen functional groups attached to an aromatic ring is 1. The van der Waals surface area contributed by atoms with Crippen LogP contribution >= 0.6 is 11.3 Å². The molecule has 0 aliphatic heterocycles. The van der Waals surface area contributed by atoms with Crippen LogP contribution in [0, 0.1) is 0 Å². The Morgan fingerprint density at radius 2 is 2.05 bits per heavy atom. The highest BCUT2D eigenvalue weighted by molar-refractivity contribution is 7.13. The molecule has 0 saturated carbocycles. The van der Waals surface area contributed by atoms with Crippen LogP contribution in [0.3, 0.4) is 0 Å². The molecule has 5 nitrogen and oxygen atoms in total. The first-order valence-electron chi connectivity index (χ1n) is 6.13. The van der Waals surface area contributed by atoms with E-state index in [1.165, 1.54) is 0 Å². The van der Waals surface area contributed by atoms with Gasteiger partial charge in [-0.15, -0.1) is 16.4 Å². The number of nitrogens with zero attached hydrogens (tertiary/aromatic N) is 3. The summed E-state index contributed by atoms with van der Waals surface area (Å²) in [6, 6.07) is 11.8. The maximum atomic E-state index is 5.92. The third kappa shape index (κ3) is 2.50. The topological polar surface area (TPSA) is 66.0 Å². The van der Waals surface area contributed by atoms with Crippen LogP contribution in [0.2, 0.25) is 0 Å². The Bertz CT molecular complexity index is 689. The molecule has 0 saturated heterocycles. The third-order valence-corrected chi connectivity index (χ3v) is 3.80. The van der Waals surface area contributed by atoms with Gasteiger partial charge in [-0.25, -0.2) is 4.68 Å². The van der Waals surface area contributed by atoms with Crippen molar-refractivity contribution in [2.45, 2.75) is 6.54 Å². The van der Waals surface area contributed by atoms with E-state index >= 15 is 0 Å². The van der Waals surface area contributed by atoms with E-state index in [0.717, 1.165) is 16.2 Å². The Labute approximate surface area is 120 Å². The average Bonchev–Trinajstić information content (AvgIpc) is 3.10. The molecule has 0 radical (unpaired) electrons. The first-order valence-corrected chi connectivity index (χ1v) is 7.01. The van der Waals surface area contributed by atoms with E-state index in [0.29, 0.717) is 18.3 Å². The molecule has 0 fully saturated rings. The summed E-state index contributed by atoms with van der Waals surface area (Å²) in [4.78, 5) is 5.32. The second kappa shape index (κ2) is 5.34. The molecule has 0 aliphatic rings. The second-order valence-electron chi connectivity index (χ2n) is 4.28. The molecule has 2 N–H and O–H groups in total. The highest BCUT2D eigenvalue weighted by Crippen LogP contribution is 2.22. The van der Waals surface area contributed by atoms with Gasteiger partial charge in [0.2, 0.25) is 5.95 Å². The van der Waals surface area contributed by atoms with E-state index in [9.17, 15) is 0 Å². The van der Waals surface area contributed by atoms with Crippen LogP contribution < -0.4 is 10.5 Å². The molecule has 1 aromatic carbocycles. The number of ether oxygens (including phenoxy) is 1. The van der Waals surface area contributed by atoms with Gasteiger partial charge in [0.1, 0.15) is 5.75 Å². The summed E-state index contributed by atoms with van der Waals surface area (Å²) in [5, 5.41) is 6.45. The Balaban J connectivity index is 1.83. The number of benzene rings is 1. The summed E-state index contributed by atoms with van der Waals surface area (Å²) in [6.07, 6.45) is 0. The zero-order valence-corrected chi connectivity index (χ0v) is 11.8. The quantitative estimate of drug-likeness (QED) is 0.800. The summed E-state index contributed by atoms with van der Waals surface area (Å²) < 4.78 is 6.84. The fourth-order valence-electron chi connectivity index (χ4n) is 1.88. The summed E-state index contributed by atoms with van der Waals surface area (Å²) in [5.74, 6) is 1.93. The molecule has 0 aliphatic carbocycles. The molecule has 2 heterocycles. The Kier molecular flexibility index (Phi) is 3.39. The zero-order valence-electron chi connectivity index (χ0n) is 11.0. The van der Waals surface area contributed by atoms with Crippen LogP contribution in [0.15, 0.2) is 41.8 Å². The van der Waals surface area contributed by atoms with Crippen LogP contribution in [-0.4, -0.2) is 21.9 Å². The standard InChI is InChI=1S/C14H14N4OS/c1-19-11-6-4-10(5-7-11)9-18-14(15)16-13(17-18)12-3-2-8-20-12/h2-8H,9H2,1H3,(H2,15,16,17). The minimum absolute atomic E-state index is 0.421. The lowest BCUT2D eigenvalue weighted by Gasteiger charge is -2.04. The van der Waals surface area contributed by atoms with Gasteiger partial charge in [0.25, 0.3) is 0 Å². The maximum absolute atomic E-state index is 5.92. The Morgan fingerprint density at radius 3 is 2.70 bits per heavy atom. The number of thiophene rings is 1. The van der Waals surface area contributed by atoms with E-state index < -0.39 is 0 Å². The van der Waals surface area contributed by atoms with Crippen molar-refractivity contribution in [2.75, 3.05) is 12.8 Å². The predicted molar refractivity (Wildman–Crippen MR) is 79.8 cm³/mol. The highest BCUT2D eigenvalue weighted by atomic mass is 32.1. The van der Waals surface area contributed by atoms with Crippen molar-refractivity contribution in [3.05, 3.63) is 47.3 Å². The van der Waals surface area contributed by atoms with Crippen molar-refractivity contribution in [3.63, 3.8) is 0 Å². The number of rotatable bonds is 4. The molecular weight excluding hydrogens is 272 g/mol. The Morgan fingerprint density at radius 1 is 1.25 bits per heavy atom. The van der Waals surface area contributed by atoms with Gasteiger partial charge in [-0.05, 0) is 29.1 Å². The predicted octanol–water partition coefficient (Wildman–Crippen LogP) is 2.65. The van der Waals surface area contributed by atoms with Crippen molar-refractivity contribution in [3.8, 4) is 16.5 Å². The molecule has 0 amide bonds. The molecule has 6 heteroatoms. The van der Waals surface area contributed by atoms with Gasteiger partial charge >= 0.3 is 0 Å². The minimum atomic E-state index is 0.421. The first kappa shape index (κ1) is 12.7. The normalized spacial score (nSPS) is 10.7. The maximum Gasteiger partial charge on any atom is 0.219 e. The number of hydrogen-bond donors (Lipinski definition) is 1. The van der Waals surface area contributed by atoms with Crippen molar-refractivity contribution >= 4 is 17.3 Å². The molecule has 0 spiro atoms. The van der Waals surface area contributed by atoms with Gasteiger partial charge in [-0.1, -0.05) is 18.2 Å². The van der Waals surface area contributed by atoms with Crippen LogP contribution in [0.5, 0.6) is 5.75 Å². The van der Waals surface area contributed by atoms with Gasteiger partial charge in [0.15, 0.2) is 5.82 Å². The number of methoxy groups -OCH3 is 1. The molecule has 0 bridgehead atoms. The molecule has 0 unspecified atom stereocenters. The lowest BCUT2D eigenvalue weighted by Crippen LogP contribution is -2.06. The summed E-state index contributed by atoms with van der Waals surface area (Å²) in [7, 11) is 1.65. The molecule has 2 aromatic heterocycles. The molecule has 20 heavy (non-hydrogen) atoms. The molecule has 3 rings (SSSR count). The molecule has 3 aromatic rings. The van der Waals surface area contributed by atoms with E-state index in [-0.39, 0.29) is 0 Å². The summed E-state index contributed by atoms with van der Waals surface area (Å²) >= 11 is 1.60. The van der Waals surface area contributed by atoms with E-state index in [2.05, 4.69) is 10.1 Å². The van der Waals surface area contributed by atoms with Crippen LogP contribution in [0.25, 0.3) is 10.7 Å². The molecule has 102 valence electrons.